The van der Waals surface area contributed by atoms with E-state index in [0.717, 1.165) is 18.4 Å². The van der Waals surface area contributed by atoms with Gasteiger partial charge < -0.3 is 4.74 Å². The number of hydrogen-bond donors (Lipinski definition) is 0. The number of halogens is 2. The standard InChI is InChI=1S/C11H15F2NO/c1-3-8(4-2)9-5-6-10(14-7-9)15-11(12)13/h5-8,11H,3-4H2,1-2H3. The van der Waals surface area contributed by atoms with Crippen LogP contribution >= 0.6 is 0 Å². The van der Waals surface area contributed by atoms with Gasteiger partial charge in [0.2, 0.25) is 5.88 Å². The topological polar surface area (TPSA) is 22.1 Å². The van der Waals surface area contributed by atoms with Crippen molar-refractivity contribution >= 4 is 0 Å². The summed E-state index contributed by atoms with van der Waals surface area (Å²) in [5.74, 6) is 0.415. The molecule has 0 N–H and O–H groups in total. The second kappa shape index (κ2) is 5.63. The van der Waals surface area contributed by atoms with Crippen molar-refractivity contribution in [2.75, 3.05) is 0 Å². The number of alkyl halides is 2. The van der Waals surface area contributed by atoms with Crippen molar-refractivity contribution in [1.29, 1.82) is 0 Å². The highest BCUT2D eigenvalue weighted by Gasteiger charge is 2.09. The maximum absolute atomic E-state index is 11.8. The molecule has 4 heteroatoms. The van der Waals surface area contributed by atoms with Crippen LogP contribution in [0, 0.1) is 0 Å². The molecular weight excluding hydrogens is 200 g/mol. The number of rotatable bonds is 5. The molecule has 2 nitrogen and oxygen atoms in total. The van der Waals surface area contributed by atoms with Gasteiger partial charge in [0.05, 0.1) is 0 Å². The van der Waals surface area contributed by atoms with Crippen LogP contribution in [0.5, 0.6) is 5.88 Å². The summed E-state index contributed by atoms with van der Waals surface area (Å²) in [5.41, 5.74) is 1.07. The Bertz CT molecular complexity index is 283. The highest BCUT2D eigenvalue weighted by Crippen LogP contribution is 2.23. The van der Waals surface area contributed by atoms with Gasteiger partial charge >= 0.3 is 6.61 Å². The summed E-state index contributed by atoms with van der Waals surface area (Å²) in [7, 11) is 0. The zero-order valence-electron chi connectivity index (χ0n) is 8.91. The van der Waals surface area contributed by atoms with Gasteiger partial charge in [-0.05, 0) is 24.3 Å². The quantitative estimate of drug-likeness (QED) is 0.748. The highest BCUT2D eigenvalue weighted by molar-refractivity contribution is 5.21. The molecule has 84 valence electrons. The van der Waals surface area contributed by atoms with E-state index >= 15 is 0 Å². The van der Waals surface area contributed by atoms with E-state index < -0.39 is 6.61 Å². The van der Waals surface area contributed by atoms with E-state index in [4.69, 9.17) is 0 Å². The minimum Gasteiger partial charge on any atom is -0.417 e. The summed E-state index contributed by atoms with van der Waals surface area (Å²) in [6.45, 7) is 1.38. The van der Waals surface area contributed by atoms with Gasteiger partial charge in [0, 0.05) is 12.3 Å². The van der Waals surface area contributed by atoms with Crippen molar-refractivity contribution in [3.8, 4) is 5.88 Å². The Morgan fingerprint density at radius 1 is 1.27 bits per heavy atom. The lowest BCUT2D eigenvalue weighted by Crippen LogP contribution is -2.04. The van der Waals surface area contributed by atoms with Gasteiger partial charge in [0.1, 0.15) is 0 Å². The van der Waals surface area contributed by atoms with E-state index in [1.807, 2.05) is 0 Å². The third-order valence-corrected chi connectivity index (χ3v) is 2.43. The molecule has 1 aromatic rings. The highest BCUT2D eigenvalue weighted by atomic mass is 19.3. The van der Waals surface area contributed by atoms with E-state index in [-0.39, 0.29) is 5.88 Å². The van der Waals surface area contributed by atoms with E-state index in [2.05, 4.69) is 23.6 Å². The van der Waals surface area contributed by atoms with Crippen molar-refractivity contribution in [3.63, 3.8) is 0 Å². The van der Waals surface area contributed by atoms with Crippen LogP contribution in [0.2, 0.25) is 0 Å². The van der Waals surface area contributed by atoms with Crippen molar-refractivity contribution < 1.29 is 13.5 Å². The number of ether oxygens (including phenoxy) is 1. The first-order valence-electron chi connectivity index (χ1n) is 5.08. The molecule has 0 saturated heterocycles. The molecule has 0 atom stereocenters. The number of aromatic nitrogens is 1. The molecule has 0 amide bonds. The summed E-state index contributed by atoms with van der Waals surface area (Å²) in [6.07, 6.45) is 3.65. The average molecular weight is 215 g/mol. The predicted molar refractivity (Wildman–Crippen MR) is 54.2 cm³/mol. The Hall–Kier alpha value is -1.19. The van der Waals surface area contributed by atoms with Gasteiger partial charge in [0.25, 0.3) is 0 Å². The maximum atomic E-state index is 11.8. The molecule has 0 aromatic carbocycles. The van der Waals surface area contributed by atoms with Crippen LogP contribution in [0.4, 0.5) is 8.78 Å². The van der Waals surface area contributed by atoms with Crippen molar-refractivity contribution in [2.24, 2.45) is 0 Å². The van der Waals surface area contributed by atoms with E-state index in [1.165, 1.54) is 6.07 Å². The molecule has 0 aliphatic heterocycles. The number of nitrogens with zero attached hydrogens (tertiary/aromatic N) is 1. The molecule has 1 aromatic heterocycles. The van der Waals surface area contributed by atoms with E-state index in [0.29, 0.717) is 5.92 Å². The Balaban J connectivity index is 2.71. The average Bonchev–Trinajstić information content (AvgIpc) is 2.21. The molecule has 1 heterocycles. The largest absolute Gasteiger partial charge is 0.417 e. The normalized spacial score (nSPS) is 11.1. The summed E-state index contributed by atoms with van der Waals surface area (Å²) in [5, 5.41) is 0. The van der Waals surface area contributed by atoms with Gasteiger partial charge in [-0.25, -0.2) is 4.98 Å². The van der Waals surface area contributed by atoms with Crippen molar-refractivity contribution in [1.82, 2.24) is 4.98 Å². The summed E-state index contributed by atoms with van der Waals surface area (Å²) >= 11 is 0. The van der Waals surface area contributed by atoms with Gasteiger partial charge in [-0.15, -0.1) is 0 Å². The second-order valence-corrected chi connectivity index (χ2v) is 3.32. The minimum absolute atomic E-state index is 0.0280. The van der Waals surface area contributed by atoms with Gasteiger partial charge in [-0.2, -0.15) is 8.78 Å². The third-order valence-electron chi connectivity index (χ3n) is 2.43. The first kappa shape index (κ1) is 11.9. The maximum Gasteiger partial charge on any atom is 0.388 e. The fraction of sp³-hybridized carbons (Fsp3) is 0.545. The SMILES string of the molecule is CCC(CC)c1ccc(OC(F)F)nc1. The predicted octanol–water partition coefficient (Wildman–Crippen LogP) is 3.59. The number of pyridine rings is 1. The van der Waals surface area contributed by atoms with Crippen LogP contribution in [-0.4, -0.2) is 11.6 Å². The van der Waals surface area contributed by atoms with Crippen molar-refractivity contribution in [2.45, 2.75) is 39.2 Å². The summed E-state index contributed by atoms with van der Waals surface area (Å²) < 4.78 is 27.9. The molecule has 0 spiro atoms. The summed E-state index contributed by atoms with van der Waals surface area (Å²) in [4.78, 5) is 3.83. The molecule has 0 aliphatic carbocycles. The zero-order valence-corrected chi connectivity index (χ0v) is 8.91. The Kier molecular flexibility index (Phi) is 4.46. The third kappa shape index (κ3) is 3.46. The molecule has 0 saturated carbocycles. The Labute approximate surface area is 88.3 Å². The molecule has 1 rings (SSSR count). The first-order valence-corrected chi connectivity index (χ1v) is 5.08. The van der Waals surface area contributed by atoms with Crippen LogP contribution in [0.3, 0.4) is 0 Å². The molecule has 0 fully saturated rings. The Morgan fingerprint density at radius 3 is 2.33 bits per heavy atom. The second-order valence-electron chi connectivity index (χ2n) is 3.32. The number of hydrogen-bond acceptors (Lipinski definition) is 2. The monoisotopic (exact) mass is 215 g/mol. The van der Waals surface area contributed by atoms with E-state index in [9.17, 15) is 8.78 Å². The van der Waals surface area contributed by atoms with E-state index in [1.54, 1.807) is 12.3 Å². The van der Waals surface area contributed by atoms with Crippen LogP contribution in [0.15, 0.2) is 18.3 Å². The molecule has 15 heavy (non-hydrogen) atoms. The fourth-order valence-corrected chi connectivity index (χ4v) is 1.55. The lowest BCUT2D eigenvalue weighted by molar-refractivity contribution is -0.0528. The molecule has 0 unspecified atom stereocenters. The molecular formula is C11H15F2NO. The smallest absolute Gasteiger partial charge is 0.388 e. The molecule has 0 aliphatic rings. The van der Waals surface area contributed by atoms with Crippen LogP contribution in [0.25, 0.3) is 0 Å². The summed E-state index contributed by atoms with van der Waals surface area (Å²) in [6, 6.07) is 3.28. The van der Waals surface area contributed by atoms with Gasteiger partial charge in [-0.3, -0.25) is 0 Å². The molecule has 0 radical (unpaired) electrons. The fourth-order valence-electron chi connectivity index (χ4n) is 1.55. The van der Waals surface area contributed by atoms with Gasteiger partial charge in [-0.1, -0.05) is 19.9 Å². The minimum atomic E-state index is -2.81. The van der Waals surface area contributed by atoms with Crippen LogP contribution in [0.1, 0.15) is 38.2 Å². The van der Waals surface area contributed by atoms with Crippen molar-refractivity contribution in [3.05, 3.63) is 23.9 Å². The lowest BCUT2D eigenvalue weighted by atomic mass is 9.96. The Morgan fingerprint density at radius 2 is 1.93 bits per heavy atom. The zero-order chi connectivity index (χ0) is 11.3. The van der Waals surface area contributed by atoms with Crippen LogP contribution < -0.4 is 4.74 Å². The lowest BCUT2D eigenvalue weighted by Gasteiger charge is -2.12. The van der Waals surface area contributed by atoms with Crippen LogP contribution in [-0.2, 0) is 0 Å². The van der Waals surface area contributed by atoms with Gasteiger partial charge in [0.15, 0.2) is 0 Å². The molecule has 0 bridgehead atoms. The first-order chi connectivity index (χ1) is 7.17.